The number of thioether (sulfide) groups is 1. The number of aromatic nitrogens is 4. The zero-order valence-electron chi connectivity index (χ0n) is 13.6. The van der Waals surface area contributed by atoms with Crippen molar-refractivity contribution in [1.29, 1.82) is 0 Å². The van der Waals surface area contributed by atoms with Gasteiger partial charge in [-0.15, -0.1) is 5.10 Å². The van der Waals surface area contributed by atoms with Crippen LogP contribution in [0.5, 0.6) is 11.5 Å². The third kappa shape index (κ3) is 4.27. The lowest BCUT2D eigenvalue weighted by atomic mass is 10.3. The van der Waals surface area contributed by atoms with Crippen LogP contribution in [0.3, 0.4) is 0 Å². The molecule has 3 rings (SSSR count). The molecule has 0 spiro atoms. The Labute approximate surface area is 149 Å². The Morgan fingerprint density at radius 2 is 1.80 bits per heavy atom. The van der Waals surface area contributed by atoms with Gasteiger partial charge in [-0.2, -0.15) is 4.68 Å². The summed E-state index contributed by atoms with van der Waals surface area (Å²) in [6, 6.07) is 13.9. The molecule has 25 heavy (non-hydrogen) atoms. The summed E-state index contributed by atoms with van der Waals surface area (Å²) in [6.07, 6.45) is 0. The Balaban J connectivity index is 1.64. The molecule has 1 heterocycles. The highest BCUT2D eigenvalue weighted by molar-refractivity contribution is 7.99. The number of benzene rings is 2. The molecule has 3 aromatic rings. The number of tetrazole rings is 1. The molecule has 6 nitrogen and oxygen atoms in total. The van der Waals surface area contributed by atoms with Crippen molar-refractivity contribution in [2.24, 2.45) is 0 Å². The molecule has 2 aromatic carbocycles. The van der Waals surface area contributed by atoms with Crippen LogP contribution in [-0.4, -0.2) is 39.2 Å². The van der Waals surface area contributed by atoms with E-state index in [-0.39, 0.29) is 11.6 Å². The fourth-order valence-corrected chi connectivity index (χ4v) is 2.88. The molecule has 0 unspecified atom stereocenters. The Kier molecular flexibility index (Phi) is 5.84. The van der Waals surface area contributed by atoms with Crippen molar-refractivity contribution in [3.8, 4) is 17.2 Å². The number of hydrogen-bond donors (Lipinski definition) is 0. The average Bonchev–Trinajstić information content (AvgIpc) is 3.09. The van der Waals surface area contributed by atoms with E-state index in [1.165, 1.54) is 17.8 Å². The van der Waals surface area contributed by atoms with E-state index in [0.717, 1.165) is 5.69 Å². The summed E-state index contributed by atoms with van der Waals surface area (Å²) in [4.78, 5) is 0. The first-order chi connectivity index (χ1) is 12.3. The minimum atomic E-state index is -0.372. The second-order valence-electron chi connectivity index (χ2n) is 4.90. The van der Waals surface area contributed by atoms with Gasteiger partial charge >= 0.3 is 0 Å². The number of ether oxygens (including phenoxy) is 2. The highest BCUT2D eigenvalue weighted by Crippen LogP contribution is 2.26. The normalized spacial score (nSPS) is 10.6. The molecule has 0 atom stereocenters. The zero-order valence-corrected chi connectivity index (χ0v) is 14.4. The zero-order chi connectivity index (χ0) is 17.5. The van der Waals surface area contributed by atoms with Gasteiger partial charge in [0, 0.05) is 5.75 Å². The van der Waals surface area contributed by atoms with Gasteiger partial charge in [-0.05, 0) is 41.6 Å². The van der Waals surface area contributed by atoms with Gasteiger partial charge in [0.25, 0.3) is 0 Å². The van der Waals surface area contributed by atoms with Crippen LogP contribution in [0.15, 0.2) is 53.7 Å². The first-order valence-electron chi connectivity index (χ1n) is 7.80. The van der Waals surface area contributed by atoms with Gasteiger partial charge in [0.2, 0.25) is 5.16 Å². The first-order valence-corrected chi connectivity index (χ1v) is 8.79. The molecule has 8 heteroatoms. The highest BCUT2D eigenvalue weighted by Gasteiger charge is 2.13. The molecule has 0 saturated carbocycles. The van der Waals surface area contributed by atoms with E-state index in [2.05, 4.69) is 15.5 Å². The maximum Gasteiger partial charge on any atom is 0.214 e. The third-order valence-electron chi connectivity index (χ3n) is 3.24. The Morgan fingerprint density at radius 3 is 2.60 bits per heavy atom. The molecule has 0 aliphatic carbocycles. The molecule has 1 aromatic heterocycles. The fourth-order valence-electron chi connectivity index (χ4n) is 2.18. The maximum absolute atomic E-state index is 13.5. The van der Waals surface area contributed by atoms with Crippen molar-refractivity contribution < 1.29 is 13.9 Å². The molecule has 0 aliphatic rings. The summed E-state index contributed by atoms with van der Waals surface area (Å²) in [7, 11) is 0. The number of para-hydroxylation sites is 3. The Hall–Kier alpha value is -2.61. The predicted octanol–water partition coefficient (Wildman–Crippen LogP) is 3.37. The van der Waals surface area contributed by atoms with Crippen molar-refractivity contribution in [2.75, 3.05) is 19.0 Å². The van der Waals surface area contributed by atoms with Crippen molar-refractivity contribution in [2.45, 2.75) is 12.1 Å². The Bertz CT molecular complexity index is 828. The van der Waals surface area contributed by atoms with Crippen molar-refractivity contribution in [1.82, 2.24) is 20.2 Å². The average molecular weight is 360 g/mol. The van der Waals surface area contributed by atoms with Gasteiger partial charge in [-0.3, -0.25) is 0 Å². The Morgan fingerprint density at radius 1 is 1.04 bits per heavy atom. The minimum Gasteiger partial charge on any atom is -0.492 e. The number of hydrogen-bond acceptors (Lipinski definition) is 6. The molecular formula is C17H17FN4O2S. The van der Waals surface area contributed by atoms with Gasteiger partial charge in [-0.25, -0.2) is 4.39 Å². The SMILES string of the molecule is CCOc1ccccc1-n1nnnc1SCCOc1ccccc1F. The monoisotopic (exact) mass is 360 g/mol. The van der Waals surface area contributed by atoms with Crippen molar-refractivity contribution >= 4 is 11.8 Å². The van der Waals surface area contributed by atoms with Crippen LogP contribution in [0.25, 0.3) is 5.69 Å². The molecule has 0 aliphatic heterocycles. The van der Waals surface area contributed by atoms with Gasteiger partial charge in [0.05, 0.1) is 13.2 Å². The quantitative estimate of drug-likeness (QED) is 0.453. The van der Waals surface area contributed by atoms with Gasteiger partial charge in [-0.1, -0.05) is 36.0 Å². The van der Waals surface area contributed by atoms with E-state index in [0.29, 0.717) is 29.9 Å². The van der Waals surface area contributed by atoms with Crippen LogP contribution in [0, 0.1) is 5.82 Å². The lowest BCUT2D eigenvalue weighted by Gasteiger charge is -2.10. The highest BCUT2D eigenvalue weighted by atomic mass is 32.2. The summed E-state index contributed by atoms with van der Waals surface area (Å²) >= 11 is 1.42. The van der Waals surface area contributed by atoms with Crippen LogP contribution < -0.4 is 9.47 Å². The molecule has 0 bridgehead atoms. The van der Waals surface area contributed by atoms with Crippen LogP contribution in [-0.2, 0) is 0 Å². The third-order valence-corrected chi connectivity index (χ3v) is 4.13. The number of rotatable bonds is 8. The lowest BCUT2D eigenvalue weighted by molar-refractivity contribution is 0.325. The molecule has 0 fully saturated rings. The van der Waals surface area contributed by atoms with E-state index in [1.807, 2.05) is 31.2 Å². The minimum absolute atomic E-state index is 0.240. The van der Waals surface area contributed by atoms with Crippen molar-refractivity contribution in [3.05, 3.63) is 54.3 Å². The summed E-state index contributed by atoms with van der Waals surface area (Å²) in [5, 5.41) is 12.4. The second kappa shape index (κ2) is 8.48. The molecule has 130 valence electrons. The largest absolute Gasteiger partial charge is 0.492 e. The van der Waals surface area contributed by atoms with E-state index in [1.54, 1.807) is 22.9 Å². The fraction of sp³-hybridized carbons (Fsp3) is 0.235. The maximum atomic E-state index is 13.5. The van der Waals surface area contributed by atoms with Gasteiger partial charge in [0.15, 0.2) is 11.6 Å². The summed E-state index contributed by atoms with van der Waals surface area (Å²) in [5.41, 5.74) is 0.770. The smallest absolute Gasteiger partial charge is 0.214 e. The van der Waals surface area contributed by atoms with Crippen LogP contribution >= 0.6 is 11.8 Å². The summed E-state index contributed by atoms with van der Waals surface area (Å²) in [6.45, 7) is 2.82. The molecule has 0 amide bonds. The standard InChI is InChI=1S/C17H17FN4O2S/c1-2-23-16-10-6-4-8-14(16)22-17(19-20-21-22)25-12-11-24-15-9-5-3-7-13(15)18/h3-10H,2,11-12H2,1H3. The topological polar surface area (TPSA) is 62.1 Å². The van der Waals surface area contributed by atoms with E-state index < -0.39 is 0 Å². The lowest BCUT2D eigenvalue weighted by Crippen LogP contribution is -2.05. The number of nitrogens with zero attached hydrogens (tertiary/aromatic N) is 4. The van der Waals surface area contributed by atoms with Crippen LogP contribution in [0.2, 0.25) is 0 Å². The van der Waals surface area contributed by atoms with Crippen LogP contribution in [0.4, 0.5) is 4.39 Å². The molecular weight excluding hydrogens is 343 g/mol. The van der Waals surface area contributed by atoms with E-state index in [4.69, 9.17) is 9.47 Å². The summed E-state index contributed by atoms with van der Waals surface area (Å²) < 4.78 is 26.2. The molecule has 0 saturated heterocycles. The second-order valence-corrected chi connectivity index (χ2v) is 5.96. The molecule has 0 radical (unpaired) electrons. The van der Waals surface area contributed by atoms with Crippen molar-refractivity contribution in [3.63, 3.8) is 0 Å². The first kappa shape index (κ1) is 17.2. The molecule has 0 N–H and O–H groups in total. The number of halogens is 1. The van der Waals surface area contributed by atoms with E-state index in [9.17, 15) is 4.39 Å². The summed E-state index contributed by atoms with van der Waals surface area (Å²) in [5.74, 6) is 1.15. The van der Waals surface area contributed by atoms with Gasteiger partial charge in [0.1, 0.15) is 11.4 Å². The van der Waals surface area contributed by atoms with Gasteiger partial charge < -0.3 is 9.47 Å². The van der Waals surface area contributed by atoms with E-state index >= 15 is 0 Å². The van der Waals surface area contributed by atoms with Crippen LogP contribution in [0.1, 0.15) is 6.92 Å². The predicted molar refractivity (Wildman–Crippen MR) is 92.9 cm³/mol.